The summed E-state index contributed by atoms with van der Waals surface area (Å²) in [6, 6.07) is 18.0. The highest BCUT2D eigenvalue weighted by atomic mass is 35.5. The Morgan fingerprint density at radius 3 is 2.48 bits per heavy atom. The highest BCUT2D eigenvalue weighted by Gasteiger charge is 2.21. The standard InChI is InChI=1S/C24H20Cl2N4O3/c1-14-5-4-6-15(11-14)23-28-22(29-30(23)16-7-9-18(25)19(26)12-16)24(31)27-20-13-17(32-2)8-10-21(20)33-3/h4-13H,1-3H3,(H,27,31). The van der Waals surface area contributed by atoms with Crippen LogP contribution in [0.5, 0.6) is 11.5 Å². The molecule has 0 aliphatic carbocycles. The summed E-state index contributed by atoms with van der Waals surface area (Å²) in [6.07, 6.45) is 0. The van der Waals surface area contributed by atoms with Gasteiger partial charge in [-0.15, -0.1) is 5.10 Å². The molecule has 0 aliphatic rings. The topological polar surface area (TPSA) is 78.3 Å². The van der Waals surface area contributed by atoms with E-state index in [1.807, 2.05) is 31.2 Å². The summed E-state index contributed by atoms with van der Waals surface area (Å²) < 4.78 is 12.2. The molecule has 0 saturated heterocycles. The van der Waals surface area contributed by atoms with Crippen LogP contribution in [0.15, 0.2) is 60.7 Å². The minimum atomic E-state index is -0.505. The van der Waals surface area contributed by atoms with Gasteiger partial charge in [-0.3, -0.25) is 4.79 Å². The van der Waals surface area contributed by atoms with Crippen molar-refractivity contribution in [3.05, 3.63) is 82.1 Å². The highest BCUT2D eigenvalue weighted by molar-refractivity contribution is 6.42. The number of hydrogen-bond donors (Lipinski definition) is 1. The van der Waals surface area contributed by atoms with Crippen LogP contribution in [0.1, 0.15) is 16.2 Å². The molecule has 0 aliphatic heterocycles. The van der Waals surface area contributed by atoms with E-state index in [0.717, 1.165) is 11.1 Å². The predicted molar refractivity (Wildman–Crippen MR) is 129 cm³/mol. The molecule has 0 unspecified atom stereocenters. The molecule has 1 aromatic heterocycles. The SMILES string of the molecule is COc1ccc(OC)c(NC(=O)c2nc(-c3cccc(C)c3)n(-c3ccc(Cl)c(Cl)c3)n2)c1. The van der Waals surface area contributed by atoms with Crippen LogP contribution in [-0.2, 0) is 0 Å². The first-order valence-electron chi connectivity index (χ1n) is 9.92. The quantitative estimate of drug-likeness (QED) is 0.374. The summed E-state index contributed by atoms with van der Waals surface area (Å²) in [5.41, 5.74) is 2.89. The number of methoxy groups -OCH3 is 2. The Morgan fingerprint density at radius 1 is 0.970 bits per heavy atom. The average Bonchev–Trinajstić information content (AvgIpc) is 3.26. The average molecular weight is 483 g/mol. The third-order valence-corrected chi connectivity index (χ3v) is 5.63. The van der Waals surface area contributed by atoms with Crippen molar-refractivity contribution >= 4 is 34.8 Å². The first-order valence-corrected chi connectivity index (χ1v) is 10.7. The molecule has 0 fully saturated rings. The second-order valence-corrected chi connectivity index (χ2v) is 7.97. The van der Waals surface area contributed by atoms with E-state index in [1.54, 1.807) is 48.2 Å². The minimum absolute atomic E-state index is 0.0255. The fraction of sp³-hybridized carbons (Fsp3) is 0.125. The third kappa shape index (κ3) is 4.79. The van der Waals surface area contributed by atoms with E-state index in [1.165, 1.54) is 7.11 Å². The molecule has 3 aromatic carbocycles. The molecule has 4 aromatic rings. The maximum absolute atomic E-state index is 13.1. The number of rotatable bonds is 6. The lowest BCUT2D eigenvalue weighted by atomic mass is 10.1. The lowest BCUT2D eigenvalue weighted by Gasteiger charge is -2.10. The number of anilines is 1. The normalized spacial score (nSPS) is 10.7. The van der Waals surface area contributed by atoms with Gasteiger partial charge in [-0.05, 0) is 43.3 Å². The molecular formula is C24H20Cl2N4O3. The Labute approximate surface area is 200 Å². The van der Waals surface area contributed by atoms with Gasteiger partial charge in [0.05, 0.1) is 35.6 Å². The van der Waals surface area contributed by atoms with E-state index in [0.29, 0.717) is 38.7 Å². The minimum Gasteiger partial charge on any atom is -0.497 e. The Bertz CT molecular complexity index is 1340. The number of nitrogens with one attached hydrogen (secondary N) is 1. The molecular weight excluding hydrogens is 463 g/mol. The number of halogens is 2. The van der Waals surface area contributed by atoms with Crippen LogP contribution in [0.4, 0.5) is 5.69 Å². The van der Waals surface area contributed by atoms with Gasteiger partial charge in [0.25, 0.3) is 5.91 Å². The zero-order valence-electron chi connectivity index (χ0n) is 18.1. The Kier molecular flexibility index (Phi) is 6.53. The van der Waals surface area contributed by atoms with Crippen molar-refractivity contribution < 1.29 is 14.3 Å². The van der Waals surface area contributed by atoms with E-state index < -0.39 is 5.91 Å². The van der Waals surface area contributed by atoms with Crippen molar-refractivity contribution in [1.29, 1.82) is 0 Å². The molecule has 1 N–H and O–H groups in total. The number of aryl methyl sites for hydroxylation is 1. The number of nitrogens with zero attached hydrogens (tertiary/aromatic N) is 3. The van der Waals surface area contributed by atoms with Crippen LogP contribution >= 0.6 is 23.2 Å². The summed E-state index contributed by atoms with van der Waals surface area (Å²) in [5, 5.41) is 8.05. The van der Waals surface area contributed by atoms with Gasteiger partial charge >= 0.3 is 0 Å². The molecule has 9 heteroatoms. The molecule has 0 spiro atoms. The van der Waals surface area contributed by atoms with E-state index in [4.69, 9.17) is 32.7 Å². The van der Waals surface area contributed by atoms with Crippen molar-refractivity contribution in [2.45, 2.75) is 6.92 Å². The smallest absolute Gasteiger partial charge is 0.295 e. The van der Waals surface area contributed by atoms with Gasteiger partial charge in [0, 0.05) is 11.6 Å². The number of amides is 1. The van der Waals surface area contributed by atoms with Crippen molar-refractivity contribution in [2.24, 2.45) is 0 Å². The summed E-state index contributed by atoms with van der Waals surface area (Å²) in [5.74, 6) is 1.00. The molecule has 0 saturated carbocycles. The van der Waals surface area contributed by atoms with Crippen LogP contribution in [-0.4, -0.2) is 34.9 Å². The first kappa shape index (κ1) is 22.6. The third-order valence-electron chi connectivity index (χ3n) is 4.89. The number of carbonyl (C=O) groups excluding carboxylic acids is 1. The summed E-state index contributed by atoms with van der Waals surface area (Å²) in [4.78, 5) is 17.6. The lowest BCUT2D eigenvalue weighted by molar-refractivity contribution is 0.101. The predicted octanol–water partition coefficient (Wildman–Crippen LogP) is 5.82. The highest BCUT2D eigenvalue weighted by Crippen LogP contribution is 2.30. The molecule has 7 nitrogen and oxygen atoms in total. The molecule has 0 bridgehead atoms. The van der Waals surface area contributed by atoms with Gasteiger partial charge in [-0.2, -0.15) is 0 Å². The van der Waals surface area contributed by atoms with Gasteiger partial charge < -0.3 is 14.8 Å². The second-order valence-electron chi connectivity index (χ2n) is 7.16. The number of hydrogen-bond acceptors (Lipinski definition) is 5. The number of aromatic nitrogens is 3. The van der Waals surface area contributed by atoms with Crippen LogP contribution in [0.25, 0.3) is 17.1 Å². The molecule has 0 atom stereocenters. The lowest BCUT2D eigenvalue weighted by Crippen LogP contribution is -2.15. The monoisotopic (exact) mass is 482 g/mol. The van der Waals surface area contributed by atoms with Gasteiger partial charge in [-0.25, -0.2) is 9.67 Å². The summed E-state index contributed by atoms with van der Waals surface area (Å²) >= 11 is 12.3. The van der Waals surface area contributed by atoms with E-state index in [-0.39, 0.29) is 5.82 Å². The van der Waals surface area contributed by atoms with Crippen molar-refractivity contribution in [1.82, 2.24) is 14.8 Å². The first-order chi connectivity index (χ1) is 15.9. The molecule has 33 heavy (non-hydrogen) atoms. The zero-order chi connectivity index (χ0) is 23.5. The largest absolute Gasteiger partial charge is 0.497 e. The molecule has 0 radical (unpaired) electrons. The summed E-state index contributed by atoms with van der Waals surface area (Å²) in [7, 11) is 3.06. The van der Waals surface area contributed by atoms with E-state index in [9.17, 15) is 4.79 Å². The number of benzene rings is 3. The molecule has 4 rings (SSSR count). The van der Waals surface area contributed by atoms with Crippen LogP contribution in [0.3, 0.4) is 0 Å². The maximum Gasteiger partial charge on any atom is 0.295 e. The summed E-state index contributed by atoms with van der Waals surface area (Å²) in [6.45, 7) is 1.98. The van der Waals surface area contributed by atoms with Gasteiger partial charge in [0.15, 0.2) is 5.82 Å². The number of carbonyl (C=O) groups is 1. The van der Waals surface area contributed by atoms with Gasteiger partial charge in [0.1, 0.15) is 11.5 Å². The van der Waals surface area contributed by atoms with Gasteiger partial charge in [-0.1, -0.05) is 47.0 Å². The van der Waals surface area contributed by atoms with Crippen molar-refractivity contribution in [3.63, 3.8) is 0 Å². The molecule has 168 valence electrons. The Morgan fingerprint density at radius 2 is 1.79 bits per heavy atom. The second kappa shape index (κ2) is 9.52. The molecule has 1 heterocycles. The van der Waals surface area contributed by atoms with Crippen LogP contribution in [0.2, 0.25) is 10.0 Å². The number of ether oxygens (including phenoxy) is 2. The fourth-order valence-electron chi connectivity index (χ4n) is 3.27. The zero-order valence-corrected chi connectivity index (χ0v) is 19.6. The Balaban J connectivity index is 1.78. The van der Waals surface area contributed by atoms with E-state index in [2.05, 4.69) is 15.4 Å². The maximum atomic E-state index is 13.1. The van der Waals surface area contributed by atoms with Gasteiger partial charge in [0.2, 0.25) is 5.82 Å². The Hall–Kier alpha value is -3.55. The van der Waals surface area contributed by atoms with E-state index >= 15 is 0 Å². The fourth-order valence-corrected chi connectivity index (χ4v) is 3.56. The van der Waals surface area contributed by atoms with Crippen LogP contribution in [0, 0.1) is 6.92 Å². The van der Waals surface area contributed by atoms with Crippen molar-refractivity contribution in [3.8, 4) is 28.6 Å². The molecule has 1 amide bonds. The van der Waals surface area contributed by atoms with Crippen molar-refractivity contribution in [2.75, 3.05) is 19.5 Å². The van der Waals surface area contributed by atoms with Crippen LogP contribution < -0.4 is 14.8 Å².